The Morgan fingerprint density at radius 3 is 2.05 bits per heavy atom. The van der Waals surface area contributed by atoms with Gasteiger partial charge in [-0.25, -0.2) is 0 Å². The lowest BCUT2D eigenvalue weighted by molar-refractivity contribution is -0.148. The minimum atomic E-state index is -1.37. The predicted molar refractivity (Wildman–Crippen MR) is 74.8 cm³/mol. The van der Waals surface area contributed by atoms with E-state index in [0.717, 1.165) is 32.1 Å². The van der Waals surface area contributed by atoms with Gasteiger partial charge in [0.1, 0.15) is 11.3 Å². The molecule has 0 radical (unpaired) electrons. The molecule has 1 aliphatic rings. The average molecular weight is 269 g/mol. The van der Waals surface area contributed by atoms with Crippen molar-refractivity contribution in [2.24, 2.45) is 17.1 Å². The van der Waals surface area contributed by atoms with Crippen molar-refractivity contribution in [3.63, 3.8) is 0 Å². The van der Waals surface area contributed by atoms with Crippen LogP contribution in [0.3, 0.4) is 0 Å². The fraction of sp³-hybridized carbons (Fsp3) is 0.867. The van der Waals surface area contributed by atoms with Gasteiger partial charge in [0.05, 0.1) is 0 Å². The Kier molecular flexibility index (Phi) is 5.13. The summed E-state index contributed by atoms with van der Waals surface area (Å²) in [6, 6.07) is 0. The van der Waals surface area contributed by atoms with Crippen LogP contribution in [0.5, 0.6) is 0 Å². The Bertz CT molecular complexity index is 340. The van der Waals surface area contributed by atoms with Gasteiger partial charge in [0.2, 0.25) is 0 Å². The number of rotatable bonds is 5. The number of aliphatic carboxylic acids is 1. The molecule has 4 nitrogen and oxygen atoms in total. The molecule has 0 heterocycles. The Balaban J connectivity index is 2.76. The predicted octanol–water partition coefficient (Wildman–Crippen LogP) is 2.74. The van der Waals surface area contributed by atoms with Crippen molar-refractivity contribution in [2.75, 3.05) is 0 Å². The van der Waals surface area contributed by atoms with Crippen LogP contribution in [0.15, 0.2) is 0 Å². The van der Waals surface area contributed by atoms with Crippen LogP contribution in [0.4, 0.5) is 0 Å². The first kappa shape index (κ1) is 16.2. The second kappa shape index (κ2) is 6.04. The van der Waals surface area contributed by atoms with Gasteiger partial charge >= 0.3 is 5.97 Å². The maximum absolute atomic E-state index is 12.1. The van der Waals surface area contributed by atoms with E-state index in [-0.39, 0.29) is 23.5 Å². The average Bonchev–Trinajstić information content (AvgIpc) is 2.27. The normalized spacial score (nSPS) is 20.8. The number of hydrogen-bond acceptors (Lipinski definition) is 3. The van der Waals surface area contributed by atoms with Gasteiger partial charge < -0.3 is 10.8 Å². The number of ketones is 1. The van der Waals surface area contributed by atoms with E-state index in [9.17, 15) is 14.7 Å². The highest BCUT2D eigenvalue weighted by atomic mass is 16.4. The number of nitrogens with two attached hydrogens (primary N) is 1. The molecule has 3 N–H and O–H groups in total. The summed E-state index contributed by atoms with van der Waals surface area (Å²) in [5.74, 6) is -1.13. The first-order valence-corrected chi connectivity index (χ1v) is 7.19. The van der Waals surface area contributed by atoms with E-state index in [2.05, 4.69) is 0 Å². The second-order valence-corrected chi connectivity index (χ2v) is 7.13. The number of hydrogen-bond donors (Lipinski definition) is 2. The maximum atomic E-state index is 12.1. The Morgan fingerprint density at radius 1 is 1.11 bits per heavy atom. The zero-order chi connectivity index (χ0) is 14.7. The van der Waals surface area contributed by atoms with Gasteiger partial charge in [-0.2, -0.15) is 0 Å². The fourth-order valence-electron chi connectivity index (χ4n) is 2.99. The third-order valence-corrected chi connectivity index (χ3v) is 3.95. The van der Waals surface area contributed by atoms with Crippen LogP contribution in [0, 0.1) is 11.3 Å². The summed E-state index contributed by atoms with van der Waals surface area (Å²) in [6.07, 6.45) is 5.17. The maximum Gasteiger partial charge on any atom is 0.324 e. The zero-order valence-corrected chi connectivity index (χ0v) is 12.4. The fourth-order valence-corrected chi connectivity index (χ4v) is 2.99. The van der Waals surface area contributed by atoms with Gasteiger partial charge in [0.25, 0.3) is 0 Å². The van der Waals surface area contributed by atoms with Gasteiger partial charge in [0, 0.05) is 12.8 Å². The molecule has 1 aliphatic carbocycles. The summed E-state index contributed by atoms with van der Waals surface area (Å²) in [5, 5.41) is 9.45. The van der Waals surface area contributed by atoms with Gasteiger partial charge in [-0.05, 0) is 24.2 Å². The third kappa shape index (κ3) is 4.60. The van der Waals surface area contributed by atoms with Crippen LogP contribution in [0.25, 0.3) is 0 Å². The van der Waals surface area contributed by atoms with Crippen molar-refractivity contribution in [3.05, 3.63) is 0 Å². The quantitative estimate of drug-likeness (QED) is 0.804. The second-order valence-electron chi connectivity index (χ2n) is 7.13. The molecule has 0 aliphatic heterocycles. The van der Waals surface area contributed by atoms with Crippen molar-refractivity contribution >= 4 is 11.8 Å². The molecule has 0 bridgehead atoms. The lowest BCUT2D eigenvalue weighted by atomic mass is 9.71. The minimum absolute atomic E-state index is 0.0374. The highest BCUT2D eigenvalue weighted by Crippen LogP contribution is 2.34. The number of Topliss-reactive ketones (excluding diaryl/α,β-unsaturated/α-hetero) is 1. The summed E-state index contributed by atoms with van der Waals surface area (Å²) in [7, 11) is 0. The SMILES string of the molecule is CC(C)(C)CC(=O)CC(N)(C(=O)O)C1CCCCC1. The molecule has 110 valence electrons. The van der Waals surface area contributed by atoms with Gasteiger partial charge in [-0.1, -0.05) is 40.0 Å². The highest BCUT2D eigenvalue weighted by molar-refractivity contribution is 5.89. The Labute approximate surface area is 115 Å². The number of carbonyl (C=O) groups is 2. The molecule has 0 aromatic rings. The van der Waals surface area contributed by atoms with Crippen LogP contribution < -0.4 is 5.73 Å². The van der Waals surface area contributed by atoms with E-state index in [4.69, 9.17) is 5.73 Å². The number of carboxylic acid groups (broad SMARTS) is 1. The van der Waals surface area contributed by atoms with Crippen LogP contribution >= 0.6 is 0 Å². The number of carboxylic acids is 1. The smallest absolute Gasteiger partial charge is 0.324 e. The van der Waals surface area contributed by atoms with E-state index in [0.29, 0.717) is 6.42 Å². The van der Waals surface area contributed by atoms with Crippen molar-refractivity contribution < 1.29 is 14.7 Å². The van der Waals surface area contributed by atoms with E-state index in [1.165, 1.54) is 0 Å². The van der Waals surface area contributed by atoms with E-state index < -0.39 is 11.5 Å². The molecule has 0 aromatic heterocycles. The molecule has 1 atom stereocenters. The lowest BCUT2D eigenvalue weighted by Crippen LogP contribution is -2.56. The van der Waals surface area contributed by atoms with E-state index >= 15 is 0 Å². The summed E-state index contributed by atoms with van der Waals surface area (Å²) >= 11 is 0. The van der Waals surface area contributed by atoms with Crippen LogP contribution in [-0.2, 0) is 9.59 Å². The molecule has 19 heavy (non-hydrogen) atoms. The van der Waals surface area contributed by atoms with Crippen LogP contribution in [-0.4, -0.2) is 22.4 Å². The van der Waals surface area contributed by atoms with Crippen LogP contribution in [0.1, 0.15) is 65.7 Å². The van der Waals surface area contributed by atoms with Crippen LogP contribution in [0.2, 0.25) is 0 Å². The topological polar surface area (TPSA) is 80.4 Å². The van der Waals surface area contributed by atoms with E-state index in [1.54, 1.807) is 0 Å². The third-order valence-electron chi connectivity index (χ3n) is 3.95. The van der Waals surface area contributed by atoms with E-state index in [1.807, 2.05) is 20.8 Å². The van der Waals surface area contributed by atoms with Crippen molar-refractivity contribution in [2.45, 2.75) is 71.3 Å². The lowest BCUT2D eigenvalue weighted by Gasteiger charge is -2.36. The van der Waals surface area contributed by atoms with Gasteiger partial charge in [0.15, 0.2) is 0 Å². The number of carbonyl (C=O) groups excluding carboxylic acids is 1. The largest absolute Gasteiger partial charge is 0.480 e. The summed E-state index contributed by atoms with van der Waals surface area (Å²) in [5.41, 5.74) is 4.62. The molecule has 1 unspecified atom stereocenters. The first-order chi connectivity index (χ1) is 8.65. The molecule has 1 fully saturated rings. The molecule has 4 heteroatoms. The van der Waals surface area contributed by atoms with Gasteiger partial charge in [-0.3, -0.25) is 9.59 Å². The highest BCUT2D eigenvalue weighted by Gasteiger charge is 2.44. The Hall–Kier alpha value is -0.900. The molecule has 0 saturated heterocycles. The molecule has 0 aromatic carbocycles. The standard InChI is InChI=1S/C15H27NO3/c1-14(2,3)9-12(17)10-15(16,13(18)19)11-7-5-4-6-8-11/h11H,4-10,16H2,1-3H3,(H,18,19). The summed E-state index contributed by atoms with van der Waals surface area (Å²) < 4.78 is 0. The van der Waals surface area contributed by atoms with Crippen molar-refractivity contribution in [1.29, 1.82) is 0 Å². The molecule has 1 saturated carbocycles. The Morgan fingerprint density at radius 2 is 1.63 bits per heavy atom. The molecule has 0 spiro atoms. The molecular formula is C15H27NO3. The van der Waals surface area contributed by atoms with Crippen molar-refractivity contribution in [3.8, 4) is 0 Å². The first-order valence-electron chi connectivity index (χ1n) is 7.19. The molecular weight excluding hydrogens is 242 g/mol. The summed E-state index contributed by atoms with van der Waals surface area (Å²) in [6.45, 7) is 5.93. The van der Waals surface area contributed by atoms with Gasteiger partial charge in [-0.15, -0.1) is 0 Å². The summed E-state index contributed by atoms with van der Waals surface area (Å²) in [4.78, 5) is 23.6. The monoisotopic (exact) mass is 269 g/mol. The zero-order valence-electron chi connectivity index (χ0n) is 12.4. The minimum Gasteiger partial charge on any atom is -0.480 e. The molecule has 1 rings (SSSR count). The molecule has 0 amide bonds. The van der Waals surface area contributed by atoms with Crippen molar-refractivity contribution in [1.82, 2.24) is 0 Å².